The fourth-order valence-corrected chi connectivity index (χ4v) is 3.79. The first-order chi connectivity index (χ1) is 14.6. The van der Waals surface area contributed by atoms with Crippen LogP contribution in [0.25, 0.3) is 12.2 Å². The van der Waals surface area contributed by atoms with Gasteiger partial charge in [-0.2, -0.15) is 0 Å². The largest absolute Gasteiger partial charge is 0.490 e. The predicted octanol–water partition coefficient (Wildman–Crippen LogP) is 3.67. The molecule has 0 radical (unpaired) electrons. The molecule has 0 unspecified atom stereocenters. The van der Waals surface area contributed by atoms with Crippen molar-refractivity contribution in [2.24, 2.45) is 0 Å². The maximum atomic E-state index is 12.4. The fourth-order valence-electron chi connectivity index (χ4n) is 3.79. The Morgan fingerprint density at radius 3 is 2.33 bits per heavy atom. The summed E-state index contributed by atoms with van der Waals surface area (Å²) in [6.45, 7) is 0.449. The Labute approximate surface area is 175 Å². The summed E-state index contributed by atoms with van der Waals surface area (Å²) in [5.74, 6) is -0.0384. The molecule has 6 heteroatoms. The number of amides is 2. The smallest absolute Gasteiger partial charge is 0.258 e. The number of methoxy groups -OCH3 is 1. The van der Waals surface area contributed by atoms with Crippen LogP contribution >= 0.6 is 0 Å². The van der Waals surface area contributed by atoms with Gasteiger partial charge in [0.2, 0.25) is 0 Å². The van der Waals surface area contributed by atoms with Crippen molar-refractivity contribution in [2.45, 2.75) is 38.4 Å². The monoisotopic (exact) mass is 404 g/mol. The SMILES string of the molecule is COCc1ccc(/C=C2\C(=O)NC(=O)\C2=C\c2ccncc2)cc1OC1CCCC1. The van der Waals surface area contributed by atoms with E-state index >= 15 is 0 Å². The standard InChI is InChI=1S/C24H24N2O4/c1-29-15-18-7-6-17(14-22(18)30-19-4-2-3-5-19)13-21-20(23(27)26-24(21)28)12-16-8-10-25-11-9-16/h6-14,19H,2-5,15H2,1H3,(H,26,27,28)/b20-12+,21-13-. The lowest BCUT2D eigenvalue weighted by molar-refractivity contribution is -0.123. The van der Waals surface area contributed by atoms with Crippen LogP contribution in [-0.2, 0) is 20.9 Å². The number of ether oxygens (including phenoxy) is 2. The van der Waals surface area contributed by atoms with Gasteiger partial charge in [0, 0.05) is 25.1 Å². The van der Waals surface area contributed by atoms with Crippen molar-refractivity contribution < 1.29 is 19.1 Å². The van der Waals surface area contributed by atoms with Crippen LogP contribution in [0.15, 0.2) is 53.9 Å². The molecule has 2 aliphatic rings. The summed E-state index contributed by atoms with van der Waals surface area (Å²) in [6, 6.07) is 9.34. The molecule has 4 rings (SSSR count). The minimum absolute atomic E-state index is 0.210. The minimum Gasteiger partial charge on any atom is -0.490 e. The molecule has 1 N–H and O–H groups in total. The zero-order valence-electron chi connectivity index (χ0n) is 16.9. The predicted molar refractivity (Wildman–Crippen MR) is 113 cm³/mol. The zero-order valence-corrected chi connectivity index (χ0v) is 16.9. The quantitative estimate of drug-likeness (QED) is 0.587. The summed E-state index contributed by atoms with van der Waals surface area (Å²) >= 11 is 0. The molecule has 2 fully saturated rings. The van der Waals surface area contributed by atoms with E-state index in [2.05, 4.69) is 10.3 Å². The third kappa shape index (κ3) is 4.49. The normalized spacial score (nSPS) is 19.6. The molecule has 1 saturated heterocycles. The molecular formula is C24H24N2O4. The summed E-state index contributed by atoms with van der Waals surface area (Å²) in [4.78, 5) is 28.7. The van der Waals surface area contributed by atoms with Crippen molar-refractivity contribution in [1.29, 1.82) is 0 Å². The Morgan fingerprint density at radius 1 is 1.00 bits per heavy atom. The highest BCUT2D eigenvalue weighted by molar-refractivity contribution is 6.28. The van der Waals surface area contributed by atoms with Gasteiger partial charge in [-0.1, -0.05) is 12.1 Å². The number of nitrogens with zero attached hydrogens (tertiary/aromatic N) is 1. The molecule has 1 aromatic heterocycles. The van der Waals surface area contributed by atoms with E-state index in [4.69, 9.17) is 9.47 Å². The van der Waals surface area contributed by atoms with Gasteiger partial charge in [0.1, 0.15) is 5.75 Å². The van der Waals surface area contributed by atoms with E-state index < -0.39 is 11.8 Å². The second-order valence-corrected chi connectivity index (χ2v) is 7.50. The highest BCUT2D eigenvalue weighted by Crippen LogP contribution is 2.30. The minimum atomic E-state index is -0.403. The number of hydrogen-bond donors (Lipinski definition) is 1. The average molecular weight is 404 g/mol. The number of rotatable bonds is 6. The maximum Gasteiger partial charge on any atom is 0.258 e. The first-order valence-electron chi connectivity index (χ1n) is 10.1. The van der Waals surface area contributed by atoms with Gasteiger partial charge < -0.3 is 9.47 Å². The van der Waals surface area contributed by atoms with Crippen molar-refractivity contribution >= 4 is 24.0 Å². The number of imide groups is 1. The summed E-state index contributed by atoms with van der Waals surface area (Å²) in [5, 5.41) is 2.38. The molecule has 1 aliphatic heterocycles. The molecule has 0 atom stereocenters. The third-order valence-corrected chi connectivity index (χ3v) is 5.32. The van der Waals surface area contributed by atoms with Gasteiger partial charge in [-0.25, -0.2) is 0 Å². The van der Waals surface area contributed by atoms with E-state index in [1.165, 1.54) is 12.8 Å². The lowest BCUT2D eigenvalue weighted by Crippen LogP contribution is -2.19. The molecule has 2 aromatic rings. The number of nitrogens with one attached hydrogen (secondary N) is 1. The number of carbonyl (C=O) groups is 2. The summed E-state index contributed by atoms with van der Waals surface area (Å²) in [5.41, 5.74) is 3.24. The molecule has 1 saturated carbocycles. The van der Waals surface area contributed by atoms with Crippen LogP contribution in [0.4, 0.5) is 0 Å². The van der Waals surface area contributed by atoms with Gasteiger partial charge >= 0.3 is 0 Å². The van der Waals surface area contributed by atoms with Gasteiger partial charge in [-0.05, 0) is 67.2 Å². The van der Waals surface area contributed by atoms with Gasteiger partial charge in [0.05, 0.1) is 23.9 Å². The van der Waals surface area contributed by atoms with Crippen LogP contribution < -0.4 is 10.1 Å². The summed E-state index contributed by atoms with van der Waals surface area (Å²) in [7, 11) is 1.65. The molecule has 1 aromatic carbocycles. The van der Waals surface area contributed by atoms with Gasteiger partial charge in [-0.15, -0.1) is 0 Å². The second kappa shape index (κ2) is 9.05. The Hall–Kier alpha value is -3.25. The lowest BCUT2D eigenvalue weighted by Gasteiger charge is -2.17. The molecule has 154 valence electrons. The number of benzene rings is 1. The van der Waals surface area contributed by atoms with Crippen molar-refractivity contribution in [3.8, 4) is 5.75 Å². The van der Waals surface area contributed by atoms with E-state index in [1.54, 1.807) is 43.8 Å². The molecular weight excluding hydrogens is 380 g/mol. The lowest BCUT2D eigenvalue weighted by atomic mass is 10.0. The average Bonchev–Trinajstić information content (AvgIpc) is 3.34. The van der Waals surface area contributed by atoms with Crippen molar-refractivity contribution in [1.82, 2.24) is 10.3 Å². The molecule has 0 spiro atoms. The number of pyridine rings is 1. The number of hydrogen-bond acceptors (Lipinski definition) is 5. The van der Waals surface area contributed by atoms with Crippen LogP contribution in [0, 0.1) is 0 Å². The van der Waals surface area contributed by atoms with E-state index in [-0.39, 0.29) is 6.10 Å². The van der Waals surface area contributed by atoms with E-state index in [0.29, 0.717) is 17.8 Å². The van der Waals surface area contributed by atoms with Gasteiger partial charge in [-0.3, -0.25) is 19.9 Å². The third-order valence-electron chi connectivity index (χ3n) is 5.32. The van der Waals surface area contributed by atoms with E-state index in [1.807, 2.05) is 18.2 Å². The molecule has 0 bridgehead atoms. The van der Waals surface area contributed by atoms with Crippen LogP contribution in [0.3, 0.4) is 0 Å². The van der Waals surface area contributed by atoms with Crippen molar-refractivity contribution in [2.75, 3.05) is 7.11 Å². The number of carbonyl (C=O) groups excluding carboxylic acids is 2. The molecule has 6 nitrogen and oxygen atoms in total. The fraction of sp³-hybridized carbons (Fsp3) is 0.292. The molecule has 1 aliphatic carbocycles. The first-order valence-corrected chi connectivity index (χ1v) is 10.1. The number of aromatic nitrogens is 1. The first kappa shape index (κ1) is 20.0. The maximum absolute atomic E-state index is 12.4. The van der Waals surface area contributed by atoms with Crippen LogP contribution in [0.5, 0.6) is 5.75 Å². The second-order valence-electron chi connectivity index (χ2n) is 7.50. The highest BCUT2D eigenvalue weighted by atomic mass is 16.5. The Morgan fingerprint density at radius 2 is 1.67 bits per heavy atom. The Balaban J connectivity index is 1.68. The molecule has 30 heavy (non-hydrogen) atoms. The summed E-state index contributed by atoms with van der Waals surface area (Å²) in [6.07, 6.45) is 11.4. The molecule has 2 heterocycles. The Bertz CT molecular complexity index is 1010. The van der Waals surface area contributed by atoms with Gasteiger partial charge in [0.15, 0.2) is 0 Å². The Kier molecular flexibility index (Phi) is 6.05. The topological polar surface area (TPSA) is 77.5 Å². The van der Waals surface area contributed by atoms with E-state index in [0.717, 1.165) is 35.3 Å². The van der Waals surface area contributed by atoms with Crippen LogP contribution in [0.2, 0.25) is 0 Å². The summed E-state index contributed by atoms with van der Waals surface area (Å²) < 4.78 is 11.5. The van der Waals surface area contributed by atoms with E-state index in [9.17, 15) is 9.59 Å². The van der Waals surface area contributed by atoms with Crippen molar-refractivity contribution in [3.63, 3.8) is 0 Å². The van der Waals surface area contributed by atoms with Crippen molar-refractivity contribution in [3.05, 3.63) is 70.6 Å². The molecule has 2 amide bonds. The van der Waals surface area contributed by atoms with Gasteiger partial charge in [0.25, 0.3) is 11.8 Å². The highest BCUT2D eigenvalue weighted by Gasteiger charge is 2.30. The van der Waals surface area contributed by atoms with Crippen LogP contribution in [0.1, 0.15) is 42.4 Å². The zero-order chi connectivity index (χ0) is 20.9. The van der Waals surface area contributed by atoms with Crippen LogP contribution in [-0.4, -0.2) is 30.0 Å².